The van der Waals surface area contributed by atoms with Gasteiger partial charge >= 0.3 is 11.9 Å². The van der Waals surface area contributed by atoms with E-state index < -0.39 is 30.5 Å². The van der Waals surface area contributed by atoms with Crippen molar-refractivity contribution in [3.05, 3.63) is 0 Å². The van der Waals surface area contributed by atoms with Gasteiger partial charge in [0, 0.05) is 12.8 Å². The number of unbranched alkanes of at least 4 members (excludes halogenated alkanes) is 3. The van der Waals surface area contributed by atoms with Crippen LogP contribution >= 0.6 is 0 Å². The van der Waals surface area contributed by atoms with E-state index in [2.05, 4.69) is 4.74 Å². The van der Waals surface area contributed by atoms with E-state index >= 15 is 0 Å². The van der Waals surface area contributed by atoms with Crippen molar-refractivity contribution in [2.45, 2.75) is 64.7 Å². The number of Topliss-reactive ketones (excluding diaryl/α,β-unsaturated/α-hetero) is 1. The predicted octanol–water partition coefficient (Wildman–Crippen LogP) is 3.50. The first-order valence-electron chi connectivity index (χ1n) is 6.50. The molecule has 0 fully saturated rings. The van der Waals surface area contributed by atoms with Gasteiger partial charge in [-0.3, -0.25) is 9.59 Å². The van der Waals surface area contributed by atoms with Gasteiger partial charge in [0.2, 0.25) is 5.78 Å². The van der Waals surface area contributed by atoms with Gasteiger partial charge < -0.3 is 4.74 Å². The fourth-order valence-corrected chi connectivity index (χ4v) is 1.53. The Bertz CT molecular complexity index is 265. The highest BCUT2D eigenvalue weighted by molar-refractivity contribution is 5.86. The van der Waals surface area contributed by atoms with Gasteiger partial charge in [0.15, 0.2) is 0 Å². The summed E-state index contributed by atoms with van der Waals surface area (Å²) in [6.45, 7) is 3.78. The number of ketones is 1. The van der Waals surface area contributed by atoms with Crippen molar-refractivity contribution in [2.24, 2.45) is 0 Å². The molecule has 3 nitrogen and oxygen atoms in total. The van der Waals surface area contributed by atoms with E-state index in [9.17, 15) is 18.4 Å². The van der Waals surface area contributed by atoms with E-state index in [1.807, 2.05) is 6.92 Å². The molecule has 0 radical (unpaired) electrons. The van der Waals surface area contributed by atoms with Crippen molar-refractivity contribution < 1.29 is 23.1 Å². The summed E-state index contributed by atoms with van der Waals surface area (Å²) in [5, 5.41) is 0. The fraction of sp³-hybridized carbons (Fsp3) is 0.846. The van der Waals surface area contributed by atoms with Crippen molar-refractivity contribution in [3.63, 3.8) is 0 Å². The van der Waals surface area contributed by atoms with Gasteiger partial charge in [0.1, 0.15) is 0 Å². The molecule has 0 aromatic carbocycles. The molecule has 0 aliphatic heterocycles. The van der Waals surface area contributed by atoms with Crippen LogP contribution in [0.15, 0.2) is 0 Å². The molecule has 18 heavy (non-hydrogen) atoms. The zero-order valence-corrected chi connectivity index (χ0v) is 11.1. The summed E-state index contributed by atoms with van der Waals surface area (Å²) in [7, 11) is 0. The molecule has 0 heterocycles. The molecule has 0 rings (SSSR count). The zero-order valence-electron chi connectivity index (χ0n) is 11.1. The van der Waals surface area contributed by atoms with Crippen LogP contribution in [0.2, 0.25) is 0 Å². The van der Waals surface area contributed by atoms with E-state index in [0.717, 1.165) is 19.3 Å². The Balaban J connectivity index is 3.95. The van der Waals surface area contributed by atoms with Gasteiger partial charge in [-0.05, 0) is 13.3 Å². The minimum atomic E-state index is -3.40. The number of rotatable bonds is 10. The van der Waals surface area contributed by atoms with Crippen LogP contribution in [-0.4, -0.2) is 24.3 Å². The predicted molar refractivity (Wildman–Crippen MR) is 64.6 cm³/mol. The quantitative estimate of drug-likeness (QED) is 0.448. The van der Waals surface area contributed by atoms with Crippen molar-refractivity contribution in [1.82, 2.24) is 0 Å². The molecule has 0 saturated carbocycles. The minimum Gasteiger partial charge on any atom is -0.466 e. The van der Waals surface area contributed by atoms with Crippen LogP contribution < -0.4 is 0 Å². The highest BCUT2D eigenvalue weighted by atomic mass is 19.3. The minimum absolute atomic E-state index is 0.115. The highest BCUT2D eigenvalue weighted by Gasteiger charge is 2.37. The van der Waals surface area contributed by atoms with Gasteiger partial charge in [-0.15, -0.1) is 0 Å². The summed E-state index contributed by atoms with van der Waals surface area (Å²) in [5.41, 5.74) is 0. The van der Waals surface area contributed by atoms with Gasteiger partial charge in [-0.2, -0.15) is 8.78 Å². The third-order valence-electron chi connectivity index (χ3n) is 2.61. The maximum Gasteiger partial charge on any atom is 0.306 e. The van der Waals surface area contributed by atoms with Crippen molar-refractivity contribution in [3.8, 4) is 0 Å². The number of ether oxygens (including phenoxy) is 1. The molecular formula is C13H22F2O3. The molecule has 0 aliphatic carbocycles. The van der Waals surface area contributed by atoms with Crippen LogP contribution in [0.3, 0.4) is 0 Å². The number of carbonyl (C=O) groups is 2. The molecule has 0 amide bonds. The molecule has 5 heteroatoms. The largest absolute Gasteiger partial charge is 0.466 e. The molecule has 0 aromatic heterocycles. The number of halogens is 2. The van der Waals surface area contributed by atoms with Crippen LogP contribution in [0.5, 0.6) is 0 Å². The Morgan fingerprint density at radius 3 is 2.28 bits per heavy atom. The molecular weight excluding hydrogens is 242 g/mol. The van der Waals surface area contributed by atoms with Gasteiger partial charge in [-0.1, -0.05) is 26.2 Å². The Morgan fingerprint density at radius 2 is 1.72 bits per heavy atom. The lowest BCUT2D eigenvalue weighted by molar-refractivity contribution is -0.150. The maximum atomic E-state index is 13.4. The van der Waals surface area contributed by atoms with E-state index in [0.29, 0.717) is 6.42 Å². The number of hydrogen-bond acceptors (Lipinski definition) is 3. The van der Waals surface area contributed by atoms with Crippen molar-refractivity contribution in [1.29, 1.82) is 0 Å². The highest BCUT2D eigenvalue weighted by Crippen LogP contribution is 2.24. The topological polar surface area (TPSA) is 43.4 Å². The number of hydrogen-bond donors (Lipinski definition) is 0. The van der Waals surface area contributed by atoms with E-state index in [-0.39, 0.29) is 13.0 Å². The first-order valence-corrected chi connectivity index (χ1v) is 6.50. The van der Waals surface area contributed by atoms with E-state index in [1.165, 1.54) is 0 Å². The second-order valence-corrected chi connectivity index (χ2v) is 4.24. The molecule has 0 unspecified atom stereocenters. The summed E-state index contributed by atoms with van der Waals surface area (Å²) in [6, 6.07) is 0. The normalized spacial score (nSPS) is 11.3. The first-order chi connectivity index (χ1) is 8.44. The summed E-state index contributed by atoms with van der Waals surface area (Å²) < 4.78 is 31.3. The monoisotopic (exact) mass is 264 g/mol. The van der Waals surface area contributed by atoms with Crippen LogP contribution in [0.4, 0.5) is 8.78 Å². The summed E-state index contributed by atoms with van der Waals surface area (Å²) >= 11 is 0. The lowest BCUT2D eigenvalue weighted by Gasteiger charge is -2.14. The Labute approximate surface area is 107 Å². The van der Waals surface area contributed by atoms with Gasteiger partial charge in [0.25, 0.3) is 0 Å². The molecule has 0 aromatic rings. The van der Waals surface area contributed by atoms with Gasteiger partial charge in [-0.25, -0.2) is 0 Å². The lowest BCUT2D eigenvalue weighted by Crippen LogP contribution is -2.29. The molecule has 106 valence electrons. The SMILES string of the molecule is CCCCCCC(=O)C(F)(F)CCC(=O)OCC. The Kier molecular flexibility index (Phi) is 8.50. The number of esters is 1. The molecule has 0 aliphatic rings. The molecule has 0 bridgehead atoms. The number of carbonyl (C=O) groups excluding carboxylic acids is 2. The van der Waals surface area contributed by atoms with Gasteiger partial charge in [0.05, 0.1) is 13.0 Å². The van der Waals surface area contributed by atoms with Crippen molar-refractivity contribution >= 4 is 11.8 Å². The summed E-state index contributed by atoms with van der Waals surface area (Å²) in [6.07, 6.45) is 1.93. The average Bonchev–Trinajstić information content (AvgIpc) is 2.32. The Morgan fingerprint density at radius 1 is 1.06 bits per heavy atom. The first kappa shape index (κ1) is 17.0. The fourth-order valence-electron chi connectivity index (χ4n) is 1.53. The van der Waals surface area contributed by atoms with Crippen LogP contribution in [0.1, 0.15) is 58.8 Å². The third kappa shape index (κ3) is 7.35. The van der Waals surface area contributed by atoms with Crippen molar-refractivity contribution in [2.75, 3.05) is 6.61 Å². The third-order valence-corrected chi connectivity index (χ3v) is 2.61. The summed E-state index contributed by atoms with van der Waals surface area (Å²) in [4.78, 5) is 22.2. The molecule has 0 spiro atoms. The second-order valence-electron chi connectivity index (χ2n) is 4.24. The summed E-state index contributed by atoms with van der Waals surface area (Å²) in [5.74, 6) is -5.15. The average molecular weight is 264 g/mol. The zero-order chi connectivity index (χ0) is 14.0. The standard InChI is InChI=1S/C13H22F2O3/c1-3-5-6-7-8-11(16)13(14,15)10-9-12(17)18-4-2/h3-10H2,1-2H3. The van der Waals surface area contributed by atoms with Crippen LogP contribution in [-0.2, 0) is 14.3 Å². The van der Waals surface area contributed by atoms with Crippen LogP contribution in [0.25, 0.3) is 0 Å². The van der Waals surface area contributed by atoms with E-state index in [1.54, 1.807) is 6.92 Å². The smallest absolute Gasteiger partial charge is 0.306 e. The van der Waals surface area contributed by atoms with Crippen LogP contribution in [0, 0.1) is 0 Å². The lowest BCUT2D eigenvalue weighted by atomic mass is 10.0. The second kappa shape index (κ2) is 9.00. The number of alkyl halides is 2. The molecule has 0 atom stereocenters. The van der Waals surface area contributed by atoms with E-state index in [4.69, 9.17) is 0 Å². The molecule has 0 saturated heterocycles. The Hall–Kier alpha value is -1.00. The maximum absolute atomic E-state index is 13.4. The molecule has 0 N–H and O–H groups in total.